The molecule has 5 heteroatoms. The van der Waals surface area contributed by atoms with E-state index in [1.807, 2.05) is 35.9 Å². The molecule has 0 bridgehead atoms. The Morgan fingerprint density at radius 3 is 2.59 bits per heavy atom. The Balaban J connectivity index is 1.98. The molecule has 1 heterocycles. The number of hydrogen-bond donors (Lipinski definition) is 1. The fourth-order valence-electron chi connectivity index (χ4n) is 1.43. The van der Waals surface area contributed by atoms with E-state index in [0.29, 0.717) is 6.61 Å². The number of aromatic nitrogens is 3. The Labute approximate surface area is 99.7 Å². The molecule has 0 spiro atoms. The van der Waals surface area contributed by atoms with E-state index in [2.05, 4.69) is 10.2 Å². The molecule has 5 nitrogen and oxygen atoms in total. The molecule has 90 valence electrons. The second-order valence-electron chi connectivity index (χ2n) is 3.89. The second kappa shape index (κ2) is 4.97. The molecule has 0 aliphatic carbocycles. The van der Waals surface area contributed by atoms with Gasteiger partial charge in [-0.05, 0) is 24.6 Å². The quantitative estimate of drug-likeness (QED) is 0.868. The first kappa shape index (κ1) is 11.6. The van der Waals surface area contributed by atoms with Crippen LogP contribution in [0.3, 0.4) is 0 Å². The van der Waals surface area contributed by atoms with Crippen molar-refractivity contribution in [3.8, 4) is 5.75 Å². The standard InChI is InChI=1S/C12H15N3O2/c1-9(16)10-3-5-11(6-4-10)17-7-12-14-13-8-15(12)2/h3-6,8-9,16H,7H2,1-2H3/t9-/m0/s1. The molecule has 0 saturated carbocycles. The topological polar surface area (TPSA) is 60.2 Å². The van der Waals surface area contributed by atoms with E-state index in [1.165, 1.54) is 0 Å². The summed E-state index contributed by atoms with van der Waals surface area (Å²) in [5, 5.41) is 17.1. The Kier molecular flexibility index (Phi) is 3.39. The van der Waals surface area contributed by atoms with Crippen molar-refractivity contribution in [3.05, 3.63) is 42.0 Å². The Morgan fingerprint density at radius 2 is 2.06 bits per heavy atom. The highest BCUT2D eigenvalue weighted by Crippen LogP contribution is 2.17. The first-order chi connectivity index (χ1) is 8.16. The van der Waals surface area contributed by atoms with E-state index in [9.17, 15) is 5.11 Å². The smallest absolute Gasteiger partial charge is 0.170 e. The number of benzene rings is 1. The van der Waals surface area contributed by atoms with Crippen LogP contribution in [0.4, 0.5) is 0 Å². The maximum atomic E-state index is 9.37. The van der Waals surface area contributed by atoms with Crippen molar-refractivity contribution in [2.24, 2.45) is 7.05 Å². The predicted octanol–water partition coefficient (Wildman–Crippen LogP) is 1.45. The number of aliphatic hydroxyl groups is 1. The molecule has 0 aliphatic rings. The Bertz CT molecular complexity index is 477. The lowest BCUT2D eigenvalue weighted by Crippen LogP contribution is -2.03. The fourth-order valence-corrected chi connectivity index (χ4v) is 1.43. The summed E-state index contributed by atoms with van der Waals surface area (Å²) >= 11 is 0. The molecule has 0 radical (unpaired) electrons. The molecule has 17 heavy (non-hydrogen) atoms. The minimum absolute atomic E-state index is 0.379. The van der Waals surface area contributed by atoms with Crippen LogP contribution < -0.4 is 4.74 Å². The highest BCUT2D eigenvalue weighted by molar-refractivity contribution is 5.28. The van der Waals surface area contributed by atoms with Gasteiger partial charge in [-0.15, -0.1) is 10.2 Å². The van der Waals surface area contributed by atoms with Gasteiger partial charge in [-0.25, -0.2) is 0 Å². The number of aliphatic hydroxyl groups excluding tert-OH is 1. The summed E-state index contributed by atoms with van der Waals surface area (Å²) < 4.78 is 7.37. The number of nitrogens with zero attached hydrogens (tertiary/aromatic N) is 3. The summed E-state index contributed by atoms with van der Waals surface area (Å²) in [5.41, 5.74) is 0.871. The van der Waals surface area contributed by atoms with E-state index in [1.54, 1.807) is 13.3 Å². The summed E-state index contributed by atoms with van der Waals surface area (Å²) in [6.45, 7) is 2.11. The van der Waals surface area contributed by atoms with Crippen LogP contribution in [0, 0.1) is 0 Å². The zero-order valence-corrected chi connectivity index (χ0v) is 9.87. The van der Waals surface area contributed by atoms with Gasteiger partial charge < -0.3 is 14.4 Å². The van der Waals surface area contributed by atoms with E-state index in [-0.39, 0.29) is 0 Å². The fraction of sp³-hybridized carbons (Fsp3) is 0.333. The van der Waals surface area contributed by atoms with Gasteiger partial charge >= 0.3 is 0 Å². The molecule has 1 aromatic heterocycles. The molecule has 0 unspecified atom stereocenters. The largest absolute Gasteiger partial charge is 0.486 e. The summed E-state index contributed by atoms with van der Waals surface area (Å²) in [6, 6.07) is 7.35. The maximum Gasteiger partial charge on any atom is 0.170 e. The van der Waals surface area contributed by atoms with Gasteiger partial charge in [0.2, 0.25) is 0 Å². The molecule has 1 aromatic carbocycles. The third kappa shape index (κ3) is 2.82. The first-order valence-corrected chi connectivity index (χ1v) is 5.40. The number of aryl methyl sites for hydroxylation is 1. The van der Waals surface area contributed by atoms with Crippen LogP contribution in [-0.2, 0) is 13.7 Å². The molecule has 2 rings (SSSR count). The third-order valence-corrected chi connectivity index (χ3v) is 2.54. The van der Waals surface area contributed by atoms with E-state index in [4.69, 9.17) is 4.74 Å². The molecule has 0 aliphatic heterocycles. The van der Waals surface area contributed by atoms with Gasteiger partial charge in [0.05, 0.1) is 6.10 Å². The van der Waals surface area contributed by atoms with Crippen LogP contribution in [0.5, 0.6) is 5.75 Å². The molecule has 0 saturated heterocycles. The zero-order chi connectivity index (χ0) is 12.3. The second-order valence-corrected chi connectivity index (χ2v) is 3.89. The summed E-state index contributed by atoms with van der Waals surface area (Å²) in [6.07, 6.45) is 1.18. The summed E-state index contributed by atoms with van der Waals surface area (Å²) in [5.74, 6) is 1.52. The highest BCUT2D eigenvalue weighted by atomic mass is 16.5. The van der Waals surface area contributed by atoms with Gasteiger partial charge in [0, 0.05) is 7.05 Å². The van der Waals surface area contributed by atoms with Gasteiger partial charge in [0.1, 0.15) is 18.7 Å². The average Bonchev–Trinajstić information content (AvgIpc) is 2.73. The molecular formula is C12H15N3O2. The van der Waals surface area contributed by atoms with Crippen molar-refractivity contribution < 1.29 is 9.84 Å². The Hall–Kier alpha value is -1.88. The van der Waals surface area contributed by atoms with Gasteiger partial charge in [-0.2, -0.15) is 0 Å². The van der Waals surface area contributed by atoms with Crippen molar-refractivity contribution in [1.29, 1.82) is 0 Å². The van der Waals surface area contributed by atoms with Crippen molar-refractivity contribution >= 4 is 0 Å². The lowest BCUT2D eigenvalue weighted by molar-refractivity contribution is 0.199. The molecule has 0 fully saturated rings. The zero-order valence-electron chi connectivity index (χ0n) is 9.87. The predicted molar refractivity (Wildman–Crippen MR) is 62.4 cm³/mol. The van der Waals surface area contributed by atoms with E-state index < -0.39 is 6.10 Å². The van der Waals surface area contributed by atoms with Crippen molar-refractivity contribution in [2.45, 2.75) is 19.6 Å². The summed E-state index contributed by atoms with van der Waals surface area (Å²) in [4.78, 5) is 0. The lowest BCUT2D eigenvalue weighted by Gasteiger charge is -2.08. The Morgan fingerprint density at radius 1 is 1.35 bits per heavy atom. The van der Waals surface area contributed by atoms with Gasteiger partial charge in [0.15, 0.2) is 5.82 Å². The third-order valence-electron chi connectivity index (χ3n) is 2.54. The molecule has 0 amide bonds. The number of rotatable bonds is 4. The maximum absolute atomic E-state index is 9.37. The summed E-state index contributed by atoms with van der Waals surface area (Å²) in [7, 11) is 1.87. The van der Waals surface area contributed by atoms with Gasteiger partial charge in [0.25, 0.3) is 0 Å². The molecule has 1 N–H and O–H groups in total. The minimum atomic E-state index is -0.456. The normalized spacial score (nSPS) is 12.4. The van der Waals surface area contributed by atoms with E-state index >= 15 is 0 Å². The molecular weight excluding hydrogens is 218 g/mol. The number of hydrogen-bond acceptors (Lipinski definition) is 4. The minimum Gasteiger partial charge on any atom is -0.486 e. The monoisotopic (exact) mass is 233 g/mol. The van der Waals surface area contributed by atoms with Crippen LogP contribution in [-0.4, -0.2) is 19.9 Å². The van der Waals surface area contributed by atoms with Crippen LogP contribution in [0.15, 0.2) is 30.6 Å². The van der Waals surface area contributed by atoms with E-state index in [0.717, 1.165) is 17.1 Å². The van der Waals surface area contributed by atoms with Gasteiger partial charge in [-0.3, -0.25) is 0 Å². The van der Waals surface area contributed by atoms with Crippen molar-refractivity contribution in [1.82, 2.24) is 14.8 Å². The van der Waals surface area contributed by atoms with Crippen LogP contribution >= 0.6 is 0 Å². The number of ether oxygens (including phenoxy) is 1. The van der Waals surface area contributed by atoms with Crippen LogP contribution in [0.1, 0.15) is 24.4 Å². The highest BCUT2D eigenvalue weighted by Gasteiger charge is 2.03. The van der Waals surface area contributed by atoms with Gasteiger partial charge in [-0.1, -0.05) is 12.1 Å². The average molecular weight is 233 g/mol. The molecule has 1 atom stereocenters. The SMILES string of the molecule is C[C@H](O)c1ccc(OCc2nncn2C)cc1. The van der Waals surface area contributed by atoms with Crippen LogP contribution in [0.25, 0.3) is 0 Å². The van der Waals surface area contributed by atoms with Crippen molar-refractivity contribution in [3.63, 3.8) is 0 Å². The van der Waals surface area contributed by atoms with Crippen LogP contribution in [0.2, 0.25) is 0 Å². The van der Waals surface area contributed by atoms with Crippen molar-refractivity contribution in [2.75, 3.05) is 0 Å². The lowest BCUT2D eigenvalue weighted by atomic mass is 10.1. The molecule has 2 aromatic rings. The first-order valence-electron chi connectivity index (χ1n) is 5.40.